The molecule has 18 heavy (non-hydrogen) atoms. The van der Waals surface area contributed by atoms with Gasteiger partial charge in [-0.05, 0) is 32.4 Å². The standard InChI is InChI=1S/C14H24N2OS/c1-5-6-7-12(15)14(17)16(4)11(3)13-9-8-10(2)18-13/h8-9,11-12H,5-7,15H2,1-4H3. The van der Waals surface area contributed by atoms with E-state index in [4.69, 9.17) is 5.73 Å². The Morgan fingerprint density at radius 2 is 2.17 bits per heavy atom. The van der Waals surface area contributed by atoms with Gasteiger partial charge in [0.1, 0.15) is 0 Å². The van der Waals surface area contributed by atoms with Gasteiger partial charge in [-0.25, -0.2) is 0 Å². The highest BCUT2D eigenvalue weighted by atomic mass is 32.1. The minimum absolute atomic E-state index is 0.0435. The van der Waals surface area contributed by atoms with E-state index in [9.17, 15) is 4.79 Å². The van der Waals surface area contributed by atoms with Crippen molar-refractivity contribution in [3.8, 4) is 0 Å². The smallest absolute Gasteiger partial charge is 0.239 e. The third-order valence-corrected chi connectivity index (χ3v) is 4.46. The van der Waals surface area contributed by atoms with Gasteiger partial charge in [-0.3, -0.25) is 4.79 Å². The highest BCUT2D eigenvalue weighted by Gasteiger charge is 2.23. The number of carbonyl (C=O) groups is 1. The third-order valence-electron chi connectivity index (χ3n) is 3.29. The monoisotopic (exact) mass is 268 g/mol. The SMILES string of the molecule is CCCCC(N)C(=O)N(C)C(C)c1ccc(C)s1. The molecule has 1 aromatic rings. The minimum Gasteiger partial charge on any atom is -0.337 e. The van der Waals surface area contributed by atoms with Crippen LogP contribution in [0.1, 0.15) is 48.9 Å². The highest BCUT2D eigenvalue weighted by Crippen LogP contribution is 2.26. The zero-order chi connectivity index (χ0) is 13.7. The molecule has 2 unspecified atom stereocenters. The molecule has 3 nitrogen and oxygen atoms in total. The second-order valence-electron chi connectivity index (χ2n) is 4.82. The van der Waals surface area contributed by atoms with Crippen LogP contribution in [0.5, 0.6) is 0 Å². The number of nitrogens with zero attached hydrogens (tertiary/aromatic N) is 1. The molecule has 0 aliphatic carbocycles. The third kappa shape index (κ3) is 3.82. The van der Waals surface area contributed by atoms with Crippen LogP contribution in [0, 0.1) is 6.92 Å². The fourth-order valence-corrected chi connectivity index (χ4v) is 2.84. The van der Waals surface area contributed by atoms with Crippen molar-refractivity contribution in [2.75, 3.05) is 7.05 Å². The van der Waals surface area contributed by atoms with E-state index in [2.05, 4.69) is 32.9 Å². The summed E-state index contributed by atoms with van der Waals surface area (Å²) < 4.78 is 0. The summed E-state index contributed by atoms with van der Waals surface area (Å²) in [4.78, 5) is 16.4. The van der Waals surface area contributed by atoms with Gasteiger partial charge >= 0.3 is 0 Å². The zero-order valence-corrected chi connectivity index (χ0v) is 12.6. The Kier molecular flexibility index (Phi) is 5.82. The number of hydrogen-bond donors (Lipinski definition) is 1. The van der Waals surface area contributed by atoms with E-state index in [1.807, 2.05) is 7.05 Å². The summed E-state index contributed by atoms with van der Waals surface area (Å²) in [6.45, 7) is 6.24. The molecule has 0 fully saturated rings. The predicted octanol–water partition coefficient (Wildman–Crippen LogP) is 3.09. The topological polar surface area (TPSA) is 46.3 Å². The van der Waals surface area contributed by atoms with Crippen molar-refractivity contribution in [3.05, 3.63) is 21.9 Å². The largest absolute Gasteiger partial charge is 0.337 e. The lowest BCUT2D eigenvalue weighted by Crippen LogP contribution is -2.42. The average Bonchev–Trinajstić information content (AvgIpc) is 2.79. The van der Waals surface area contributed by atoms with Gasteiger partial charge in [-0.2, -0.15) is 0 Å². The van der Waals surface area contributed by atoms with Crippen LogP contribution >= 0.6 is 11.3 Å². The van der Waals surface area contributed by atoms with Crippen LogP contribution in [-0.4, -0.2) is 23.9 Å². The number of likely N-dealkylation sites (N-methyl/N-ethyl adjacent to an activating group) is 1. The molecule has 0 aliphatic rings. The minimum atomic E-state index is -0.363. The summed E-state index contributed by atoms with van der Waals surface area (Å²) in [5.41, 5.74) is 5.94. The Balaban J connectivity index is 2.62. The van der Waals surface area contributed by atoms with Gasteiger partial charge in [0.25, 0.3) is 0 Å². The molecule has 1 amide bonds. The number of amides is 1. The van der Waals surface area contributed by atoms with Crippen molar-refractivity contribution in [1.82, 2.24) is 4.90 Å². The van der Waals surface area contributed by atoms with Crippen LogP contribution in [0.4, 0.5) is 0 Å². The van der Waals surface area contributed by atoms with E-state index in [-0.39, 0.29) is 18.0 Å². The molecular formula is C14H24N2OS. The number of hydrogen-bond acceptors (Lipinski definition) is 3. The van der Waals surface area contributed by atoms with E-state index in [1.54, 1.807) is 16.2 Å². The van der Waals surface area contributed by atoms with Crippen molar-refractivity contribution in [1.29, 1.82) is 0 Å². The highest BCUT2D eigenvalue weighted by molar-refractivity contribution is 7.12. The fourth-order valence-electron chi connectivity index (χ4n) is 1.87. The van der Waals surface area contributed by atoms with Gasteiger partial charge in [-0.15, -0.1) is 11.3 Å². The molecule has 0 radical (unpaired) electrons. The Bertz CT molecular complexity index is 389. The maximum absolute atomic E-state index is 12.2. The molecule has 1 rings (SSSR count). The van der Waals surface area contributed by atoms with Crippen molar-refractivity contribution in [3.63, 3.8) is 0 Å². The lowest BCUT2D eigenvalue weighted by atomic mass is 10.1. The summed E-state index contributed by atoms with van der Waals surface area (Å²) in [5, 5.41) is 0. The summed E-state index contributed by atoms with van der Waals surface area (Å²) in [7, 11) is 1.84. The number of unbranched alkanes of at least 4 members (excludes halogenated alkanes) is 1. The lowest BCUT2D eigenvalue weighted by molar-refractivity contribution is -0.133. The Morgan fingerprint density at radius 3 is 2.67 bits per heavy atom. The molecule has 1 aromatic heterocycles. The van der Waals surface area contributed by atoms with Gasteiger partial charge in [-0.1, -0.05) is 19.8 Å². The van der Waals surface area contributed by atoms with E-state index in [0.29, 0.717) is 0 Å². The van der Waals surface area contributed by atoms with Crippen LogP contribution in [0.15, 0.2) is 12.1 Å². The molecule has 0 aromatic carbocycles. The number of thiophene rings is 1. The first-order chi connectivity index (χ1) is 8.47. The van der Waals surface area contributed by atoms with E-state index >= 15 is 0 Å². The van der Waals surface area contributed by atoms with Crippen LogP contribution in [0.3, 0.4) is 0 Å². The van der Waals surface area contributed by atoms with E-state index in [1.165, 1.54) is 9.75 Å². The van der Waals surface area contributed by atoms with Gasteiger partial charge in [0.05, 0.1) is 12.1 Å². The number of rotatable bonds is 6. The first kappa shape index (κ1) is 15.2. The fraction of sp³-hybridized carbons (Fsp3) is 0.643. The number of carbonyl (C=O) groups excluding carboxylic acids is 1. The van der Waals surface area contributed by atoms with Crippen molar-refractivity contribution < 1.29 is 4.79 Å². The molecule has 2 N–H and O–H groups in total. The first-order valence-corrected chi connectivity index (χ1v) is 7.37. The normalized spacial score (nSPS) is 14.3. The predicted molar refractivity (Wildman–Crippen MR) is 77.7 cm³/mol. The second-order valence-corrected chi connectivity index (χ2v) is 6.14. The van der Waals surface area contributed by atoms with E-state index in [0.717, 1.165) is 19.3 Å². The quantitative estimate of drug-likeness (QED) is 0.861. The van der Waals surface area contributed by atoms with Gasteiger partial charge in [0, 0.05) is 16.8 Å². The molecule has 0 saturated carbocycles. The summed E-state index contributed by atoms with van der Waals surface area (Å²) in [6, 6.07) is 3.92. The van der Waals surface area contributed by atoms with Crippen LogP contribution in [0.25, 0.3) is 0 Å². The van der Waals surface area contributed by atoms with Crippen molar-refractivity contribution in [2.45, 2.75) is 52.1 Å². The first-order valence-electron chi connectivity index (χ1n) is 6.56. The van der Waals surface area contributed by atoms with Gasteiger partial charge in [0.2, 0.25) is 5.91 Å². The molecule has 0 spiro atoms. The molecule has 1 heterocycles. The number of nitrogens with two attached hydrogens (primary N) is 1. The molecule has 0 aliphatic heterocycles. The number of aryl methyl sites for hydroxylation is 1. The Hall–Kier alpha value is -0.870. The van der Waals surface area contributed by atoms with Crippen molar-refractivity contribution >= 4 is 17.2 Å². The average molecular weight is 268 g/mol. The molecule has 4 heteroatoms. The van der Waals surface area contributed by atoms with Crippen molar-refractivity contribution in [2.24, 2.45) is 5.73 Å². The lowest BCUT2D eigenvalue weighted by Gasteiger charge is -2.27. The molecule has 0 saturated heterocycles. The Morgan fingerprint density at radius 1 is 1.50 bits per heavy atom. The summed E-state index contributed by atoms with van der Waals surface area (Å²) >= 11 is 1.74. The Labute approximate surface area is 114 Å². The molecule has 0 bridgehead atoms. The van der Waals surface area contributed by atoms with Gasteiger partial charge < -0.3 is 10.6 Å². The zero-order valence-electron chi connectivity index (χ0n) is 11.8. The van der Waals surface area contributed by atoms with Crippen LogP contribution < -0.4 is 5.73 Å². The van der Waals surface area contributed by atoms with Crippen LogP contribution in [-0.2, 0) is 4.79 Å². The molecular weight excluding hydrogens is 244 g/mol. The second kappa shape index (κ2) is 6.90. The summed E-state index contributed by atoms with van der Waals surface area (Å²) in [6.07, 6.45) is 2.85. The molecule has 102 valence electrons. The maximum Gasteiger partial charge on any atom is 0.239 e. The maximum atomic E-state index is 12.2. The molecule has 2 atom stereocenters. The van der Waals surface area contributed by atoms with Crippen LogP contribution in [0.2, 0.25) is 0 Å². The van der Waals surface area contributed by atoms with Gasteiger partial charge in [0.15, 0.2) is 0 Å². The summed E-state index contributed by atoms with van der Waals surface area (Å²) in [5.74, 6) is 0.0435. The van der Waals surface area contributed by atoms with E-state index < -0.39 is 0 Å².